The Bertz CT molecular complexity index is 413. The van der Waals surface area contributed by atoms with Gasteiger partial charge in [-0.2, -0.15) is 0 Å². The van der Waals surface area contributed by atoms with Gasteiger partial charge in [0.15, 0.2) is 0 Å². The predicted molar refractivity (Wildman–Crippen MR) is 64.9 cm³/mol. The highest BCUT2D eigenvalue weighted by Gasteiger charge is 2.15. The molecule has 0 fully saturated rings. The fourth-order valence-corrected chi connectivity index (χ4v) is 0.917. The summed E-state index contributed by atoms with van der Waals surface area (Å²) in [5.41, 5.74) is 10.8. The Morgan fingerprint density at radius 2 is 1.94 bits per heavy atom. The van der Waals surface area contributed by atoms with Gasteiger partial charge in [-0.3, -0.25) is 10.1 Å². The van der Waals surface area contributed by atoms with Crippen LogP contribution in [0.4, 0.5) is 5.69 Å². The van der Waals surface area contributed by atoms with E-state index >= 15 is 0 Å². The Balaban J connectivity index is 0.000000311. The molecule has 0 unspecified atom stereocenters. The number of benzene rings is 1. The molecule has 0 aliphatic rings. The zero-order valence-electron chi connectivity index (χ0n) is 9.63. The van der Waals surface area contributed by atoms with Crippen LogP contribution in [0.5, 0.6) is 0 Å². The highest BCUT2D eigenvalue weighted by Crippen LogP contribution is 2.27. The van der Waals surface area contributed by atoms with E-state index in [1.165, 1.54) is 6.07 Å². The first-order valence-electron chi connectivity index (χ1n) is 5.07. The smallest absolute Gasteiger partial charge is 0.315 e. The molecular formula is C10H17N3O4. The maximum absolute atomic E-state index is 10.2. The summed E-state index contributed by atoms with van der Waals surface area (Å²) in [5.74, 6) is 0. The van der Waals surface area contributed by atoms with Gasteiger partial charge in [0, 0.05) is 19.7 Å². The topological polar surface area (TPSA) is 129 Å². The second-order valence-electron chi connectivity index (χ2n) is 2.88. The van der Waals surface area contributed by atoms with Gasteiger partial charge in [0.05, 0.1) is 11.0 Å². The maximum atomic E-state index is 10.2. The number of nitro groups is 1. The zero-order chi connectivity index (χ0) is 13.3. The van der Waals surface area contributed by atoms with E-state index in [2.05, 4.69) is 0 Å². The minimum atomic E-state index is -0.453. The monoisotopic (exact) mass is 243 g/mol. The highest BCUT2D eigenvalue weighted by molar-refractivity contribution is 5.73. The molecule has 0 aliphatic carbocycles. The van der Waals surface area contributed by atoms with Crippen LogP contribution in [0.1, 0.15) is 6.92 Å². The van der Waals surface area contributed by atoms with E-state index in [1.807, 2.05) is 0 Å². The number of nitro benzene ring substituents is 1. The SMILES string of the molecule is CCO.NCCN.O=[N+]([O-])c1cc2ccc1o2. The van der Waals surface area contributed by atoms with Crippen molar-refractivity contribution in [3.8, 4) is 0 Å². The molecule has 0 saturated carbocycles. The number of hydrogen-bond donors (Lipinski definition) is 3. The third-order valence-electron chi connectivity index (χ3n) is 1.52. The zero-order valence-corrected chi connectivity index (χ0v) is 9.63. The molecule has 96 valence electrons. The molecule has 0 amide bonds. The first-order chi connectivity index (χ1) is 8.10. The fourth-order valence-electron chi connectivity index (χ4n) is 0.917. The number of aliphatic hydroxyl groups is 1. The number of aliphatic hydroxyl groups excluding tert-OH is 1. The number of fused-ring (bicyclic) bond motifs is 2. The average molecular weight is 243 g/mol. The lowest BCUT2D eigenvalue weighted by atomic mass is 10.3. The van der Waals surface area contributed by atoms with Gasteiger partial charge >= 0.3 is 5.69 Å². The third kappa shape index (κ3) is 5.25. The summed E-state index contributed by atoms with van der Waals surface area (Å²) in [6.45, 7) is 3.12. The average Bonchev–Trinajstić information content (AvgIpc) is 2.92. The van der Waals surface area contributed by atoms with Crippen molar-refractivity contribution < 1.29 is 14.4 Å². The Morgan fingerprint density at radius 1 is 1.41 bits per heavy atom. The van der Waals surface area contributed by atoms with Crippen LogP contribution in [0.3, 0.4) is 0 Å². The molecule has 0 aromatic carbocycles. The standard InChI is InChI=1S/C6H3NO3.C2H8N2.C2H6O/c8-7(9)5-3-4-1-2-6(5)10-4;3-1-2-4;1-2-3/h1-3H;1-4H2;3H,2H2,1H3. The number of nitrogens with two attached hydrogens (primary N) is 2. The van der Waals surface area contributed by atoms with Crippen LogP contribution >= 0.6 is 0 Å². The molecule has 7 heteroatoms. The third-order valence-corrected chi connectivity index (χ3v) is 1.52. The summed E-state index contributed by atoms with van der Waals surface area (Å²) < 4.78 is 4.93. The first kappa shape index (κ1) is 15.3. The van der Waals surface area contributed by atoms with Crippen LogP contribution in [0.25, 0.3) is 11.2 Å². The van der Waals surface area contributed by atoms with Gasteiger partial charge in [0.25, 0.3) is 0 Å². The molecule has 7 nitrogen and oxygen atoms in total. The molecule has 0 radical (unpaired) electrons. The molecule has 2 aromatic heterocycles. The largest absolute Gasteiger partial charge is 0.450 e. The van der Waals surface area contributed by atoms with Gasteiger partial charge < -0.3 is 21.0 Å². The van der Waals surface area contributed by atoms with Crippen molar-refractivity contribution in [2.75, 3.05) is 19.7 Å². The van der Waals surface area contributed by atoms with E-state index in [0.29, 0.717) is 24.3 Å². The fraction of sp³-hybridized carbons (Fsp3) is 0.400. The second kappa shape index (κ2) is 8.45. The molecule has 17 heavy (non-hydrogen) atoms. The number of hydrogen-bond acceptors (Lipinski definition) is 6. The number of nitrogens with zero attached hydrogens (tertiary/aromatic N) is 1. The summed E-state index contributed by atoms with van der Waals surface area (Å²) in [4.78, 5) is 9.73. The van der Waals surface area contributed by atoms with Crippen molar-refractivity contribution in [2.24, 2.45) is 11.5 Å². The van der Waals surface area contributed by atoms with E-state index in [4.69, 9.17) is 21.0 Å². The number of furan rings is 2. The lowest BCUT2D eigenvalue weighted by Gasteiger charge is -1.81. The lowest BCUT2D eigenvalue weighted by molar-refractivity contribution is -0.383. The van der Waals surface area contributed by atoms with E-state index in [-0.39, 0.29) is 12.3 Å². The molecule has 2 bridgehead atoms. The second-order valence-corrected chi connectivity index (χ2v) is 2.88. The quantitative estimate of drug-likeness (QED) is 0.525. The Labute approximate surface area is 98.5 Å². The summed E-state index contributed by atoms with van der Waals surface area (Å²) in [7, 11) is 0. The minimum Gasteiger partial charge on any atom is -0.450 e. The molecule has 0 atom stereocenters. The Kier molecular flexibility index (Phi) is 7.61. The Hall–Kier alpha value is -1.70. The molecule has 0 spiro atoms. The highest BCUT2D eigenvalue weighted by atomic mass is 16.6. The van der Waals surface area contributed by atoms with Crippen molar-refractivity contribution in [1.82, 2.24) is 0 Å². The number of non-ortho nitro benzene ring substituents is 1. The van der Waals surface area contributed by atoms with Gasteiger partial charge in [0.2, 0.25) is 5.58 Å². The van der Waals surface area contributed by atoms with Gasteiger partial charge in [-0.1, -0.05) is 0 Å². The Morgan fingerprint density at radius 3 is 2.12 bits per heavy atom. The summed E-state index contributed by atoms with van der Waals surface area (Å²) in [6.07, 6.45) is 0. The van der Waals surface area contributed by atoms with Gasteiger partial charge in [-0.25, -0.2) is 0 Å². The van der Waals surface area contributed by atoms with Gasteiger partial charge in [-0.15, -0.1) is 0 Å². The van der Waals surface area contributed by atoms with Crippen LogP contribution < -0.4 is 11.5 Å². The van der Waals surface area contributed by atoms with Crippen molar-refractivity contribution in [2.45, 2.75) is 6.92 Å². The van der Waals surface area contributed by atoms with Crippen LogP contribution in [-0.4, -0.2) is 29.7 Å². The van der Waals surface area contributed by atoms with Crippen molar-refractivity contribution in [1.29, 1.82) is 0 Å². The number of rotatable bonds is 2. The van der Waals surface area contributed by atoms with Gasteiger partial charge in [0.1, 0.15) is 5.58 Å². The predicted octanol–water partition coefficient (Wildman–Crippen LogP) is 0.681. The van der Waals surface area contributed by atoms with Crippen molar-refractivity contribution in [3.63, 3.8) is 0 Å². The van der Waals surface area contributed by atoms with Crippen molar-refractivity contribution in [3.05, 3.63) is 28.3 Å². The van der Waals surface area contributed by atoms with Gasteiger partial charge in [-0.05, 0) is 19.1 Å². The molecular weight excluding hydrogens is 226 g/mol. The van der Waals surface area contributed by atoms with Crippen LogP contribution in [-0.2, 0) is 0 Å². The minimum absolute atomic E-state index is 0.0532. The molecule has 2 heterocycles. The van der Waals surface area contributed by atoms with Crippen LogP contribution in [0, 0.1) is 10.1 Å². The van der Waals surface area contributed by atoms with E-state index < -0.39 is 4.92 Å². The van der Waals surface area contributed by atoms with Crippen LogP contribution in [0.2, 0.25) is 0 Å². The first-order valence-corrected chi connectivity index (χ1v) is 5.07. The normalized spacial score (nSPS) is 9.18. The molecule has 2 aromatic rings. The summed E-state index contributed by atoms with van der Waals surface area (Å²) in [6, 6.07) is 4.70. The molecule has 2 rings (SSSR count). The van der Waals surface area contributed by atoms with E-state index in [1.54, 1.807) is 19.1 Å². The summed E-state index contributed by atoms with van der Waals surface area (Å²) in [5, 5.41) is 17.8. The lowest BCUT2D eigenvalue weighted by Crippen LogP contribution is -2.11. The maximum Gasteiger partial charge on any atom is 0.315 e. The van der Waals surface area contributed by atoms with Crippen molar-refractivity contribution >= 4 is 16.9 Å². The van der Waals surface area contributed by atoms with E-state index in [0.717, 1.165) is 0 Å². The molecule has 0 saturated heterocycles. The summed E-state index contributed by atoms with van der Waals surface area (Å²) >= 11 is 0. The molecule has 0 aliphatic heterocycles. The molecule has 5 N–H and O–H groups in total. The van der Waals surface area contributed by atoms with E-state index in [9.17, 15) is 10.1 Å². The van der Waals surface area contributed by atoms with Crippen LogP contribution in [0.15, 0.2) is 22.6 Å².